The maximum atomic E-state index is 12.9. The minimum atomic E-state index is -1.13. The lowest BCUT2D eigenvalue weighted by molar-refractivity contribution is -0.149. The largest absolute Gasteiger partial charge is 0.352 e. The van der Waals surface area contributed by atoms with Crippen LogP contribution in [0.2, 0.25) is 0 Å². The first-order valence-corrected chi connectivity index (χ1v) is 8.17. The zero-order chi connectivity index (χ0) is 15.5. The highest BCUT2D eigenvalue weighted by atomic mass is 16.2. The summed E-state index contributed by atoms with van der Waals surface area (Å²) in [6.07, 6.45) is 6.61. The highest BCUT2D eigenvalue weighted by molar-refractivity contribution is 6.48. The Kier molecular flexibility index (Phi) is 3.09. The molecule has 0 aliphatic heterocycles. The number of rotatable bonds is 2. The van der Waals surface area contributed by atoms with Crippen LogP contribution in [0.5, 0.6) is 0 Å². The third kappa shape index (κ3) is 1.59. The molecule has 0 spiro atoms. The van der Waals surface area contributed by atoms with Gasteiger partial charge in [-0.1, -0.05) is 40.0 Å². The van der Waals surface area contributed by atoms with Gasteiger partial charge in [-0.05, 0) is 31.1 Å². The number of Topliss-reactive ketones (excluding diaryl/α,β-unsaturated/α-hetero) is 2. The molecule has 1 amide bonds. The van der Waals surface area contributed by atoms with Crippen molar-refractivity contribution in [2.75, 3.05) is 0 Å². The van der Waals surface area contributed by atoms with Gasteiger partial charge in [0.25, 0.3) is 0 Å². The highest BCUT2D eigenvalue weighted by Gasteiger charge is 2.77. The van der Waals surface area contributed by atoms with E-state index in [9.17, 15) is 14.4 Å². The molecule has 2 bridgehead atoms. The van der Waals surface area contributed by atoms with Crippen molar-refractivity contribution >= 4 is 17.5 Å². The van der Waals surface area contributed by atoms with Crippen LogP contribution in [0, 0.1) is 16.2 Å². The summed E-state index contributed by atoms with van der Waals surface area (Å²) < 4.78 is 0. The fourth-order valence-corrected chi connectivity index (χ4v) is 4.83. The second-order valence-corrected chi connectivity index (χ2v) is 7.83. The molecule has 3 saturated carbocycles. The topological polar surface area (TPSA) is 63.2 Å². The van der Waals surface area contributed by atoms with Crippen molar-refractivity contribution in [1.82, 2.24) is 5.32 Å². The lowest BCUT2D eigenvalue weighted by Gasteiger charge is -2.38. The molecule has 0 aromatic carbocycles. The van der Waals surface area contributed by atoms with Gasteiger partial charge in [0.05, 0.1) is 0 Å². The molecule has 4 heteroatoms. The van der Waals surface area contributed by atoms with Crippen molar-refractivity contribution in [2.24, 2.45) is 16.2 Å². The fraction of sp³-hybridized carbons (Fsp3) is 0.824. The molecule has 3 aliphatic carbocycles. The molecule has 2 atom stereocenters. The Balaban J connectivity index is 1.90. The summed E-state index contributed by atoms with van der Waals surface area (Å²) in [7, 11) is 0. The van der Waals surface area contributed by atoms with Crippen LogP contribution in [0.1, 0.15) is 65.7 Å². The van der Waals surface area contributed by atoms with Gasteiger partial charge >= 0.3 is 0 Å². The summed E-state index contributed by atoms with van der Waals surface area (Å²) in [4.78, 5) is 37.9. The maximum absolute atomic E-state index is 12.9. The lowest BCUT2D eigenvalue weighted by atomic mass is 9.64. The molecule has 21 heavy (non-hydrogen) atoms. The summed E-state index contributed by atoms with van der Waals surface area (Å²) in [5, 5.41) is 3.09. The second-order valence-electron chi connectivity index (χ2n) is 7.83. The average Bonchev–Trinajstić information content (AvgIpc) is 2.72. The number of hydrogen-bond donors (Lipinski definition) is 1. The Labute approximate surface area is 126 Å². The van der Waals surface area contributed by atoms with E-state index in [1.807, 2.05) is 20.8 Å². The number of amides is 1. The van der Waals surface area contributed by atoms with Crippen molar-refractivity contribution in [3.05, 3.63) is 0 Å². The quantitative estimate of drug-likeness (QED) is 0.627. The number of carbonyl (C=O) groups is 3. The third-order valence-corrected chi connectivity index (χ3v) is 6.87. The van der Waals surface area contributed by atoms with Crippen LogP contribution in [0.25, 0.3) is 0 Å². The average molecular weight is 291 g/mol. The molecule has 3 rings (SSSR count). The van der Waals surface area contributed by atoms with Crippen LogP contribution >= 0.6 is 0 Å². The molecule has 0 unspecified atom stereocenters. The van der Waals surface area contributed by atoms with E-state index in [4.69, 9.17) is 0 Å². The van der Waals surface area contributed by atoms with E-state index < -0.39 is 22.0 Å². The van der Waals surface area contributed by atoms with Gasteiger partial charge in [-0.2, -0.15) is 0 Å². The van der Waals surface area contributed by atoms with Crippen molar-refractivity contribution in [1.29, 1.82) is 0 Å². The van der Waals surface area contributed by atoms with Crippen LogP contribution in [0.15, 0.2) is 0 Å². The Bertz CT molecular complexity index is 518. The number of hydrogen-bond acceptors (Lipinski definition) is 3. The first kappa shape index (κ1) is 14.7. The zero-order valence-electron chi connectivity index (χ0n) is 13.3. The molecular formula is C17H25NO3. The van der Waals surface area contributed by atoms with Gasteiger partial charge in [-0.3, -0.25) is 14.4 Å². The Morgan fingerprint density at radius 2 is 1.62 bits per heavy atom. The Morgan fingerprint density at radius 3 is 2.14 bits per heavy atom. The molecule has 3 fully saturated rings. The minimum absolute atomic E-state index is 0.173. The Hall–Kier alpha value is -1.19. The van der Waals surface area contributed by atoms with Crippen LogP contribution in [-0.4, -0.2) is 23.5 Å². The smallest absolute Gasteiger partial charge is 0.235 e. The molecule has 4 nitrogen and oxygen atoms in total. The van der Waals surface area contributed by atoms with Crippen molar-refractivity contribution in [3.63, 3.8) is 0 Å². The fourth-order valence-electron chi connectivity index (χ4n) is 4.83. The van der Waals surface area contributed by atoms with Gasteiger partial charge in [0.2, 0.25) is 17.5 Å². The molecular weight excluding hydrogens is 266 g/mol. The van der Waals surface area contributed by atoms with Gasteiger partial charge in [0.15, 0.2) is 0 Å². The van der Waals surface area contributed by atoms with Gasteiger partial charge in [-0.25, -0.2) is 0 Å². The van der Waals surface area contributed by atoms with E-state index in [-0.39, 0.29) is 17.7 Å². The van der Waals surface area contributed by atoms with Crippen LogP contribution in [0.3, 0.4) is 0 Å². The van der Waals surface area contributed by atoms with Crippen molar-refractivity contribution < 1.29 is 14.4 Å². The summed E-state index contributed by atoms with van der Waals surface area (Å²) >= 11 is 0. The van der Waals surface area contributed by atoms with Crippen LogP contribution < -0.4 is 5.32 Å². The van der Waals surface area contributed by atoms with Crippen LogP contribution in [0.4, 0.5) is 0 Å². The van der Waals surface area contributed by atoms with Gasteiger partial charge < -0.3 is 5.32 Å². The van der Waals surface area contributed by atoms with E-state index in [2.05, 4.69) is 5.32 Å². The van der Waals surface area contributed by atoms with E-state index in [0.717, 1.165) is 25.7 Å². The first-order chi connectivity index (χ1) is 9.77. The molecule has 116 valence electrons. The molecule has 1 N–H and O–H groups in total. The maximum Gasteiger partial charge on any atom is 0.235 e. The third-order valence-electron chi connectivity index (χ3n) is 6.87. The van der Waals surface area contributed by atoms with E-state index >= 15 is 0 Å². The van der Waals surface area contributed by atoms with E-state index in [0.29, 0.717) is 12.8 Å². The second kappa shape index (κ2) is 4.40. The number of ketones is 2. The molecule has 0 saturated heterocycles. The molecule has 0 heterocycles. The number of carbonyl (C=O) groups excluding carboxylic acids is 3. The van der Waals surface area contributed by atoms with Crippen molar-refractivity contribution in [3.8, 4) is 0 Å². The van der Waals surface area contributed by atoms with Gasteiger partial charge in [0.1, 0.15) is 5.41 Å². The SMILES string of the molecule is CC1(C)[C@@]2(C(=O)NC3CCCCC3)CC[C@@]1(C)C(=O)C2=O. The minimum Gasteiger partial charge on any atom is -0.352 e. The molecule has 0 aromatic heterocycles. The predicted molar refractivity (Wildman–Crippen MR) is 78.6 cm³/mol. The van der Waals surface area contributed by atoms with E-state index in [1.54, 1.807) is 0 Å². The molecule has 0 aromatic rings. The van der Waals surface area contributed by atoms with Gasteiger partial charge in [-0.15, -0.1) is 0 Å². The zero-order valence-corrected chi connectivity index (χ0v) is 13.3. The predicted octanol–water partition coefficient (Wildman–Crippen LogP) is 2.40. The molecule has 0 radical (unpaired) electrons. The summed E-state index contributed by atoms with van der Waals surface area (Å²) in [6.45, 7) is 5.70. The highest BCUT2D eigenvalue weighted by Crippen LogP contribution is 2.69. The number of fused-ring (bicyclic) bond motifs is 2. The summed E-state index contributed by atoms with van der Waals surface area (Å²) in [5.74, 6) is -0.980. The van der Waals surface area contributed by atoms with E-state index in [1.165, 1.54) is 6.42 Å². The lowest BCUT2D eigenvalue weighted by Crippen LogP contribution is -2.53. The van der Waals surface area contributed by atoms with Crippen molar-refractivity contribution in [2.45, 2.75) is 71.8 Å². The first-order valence-electron chi connectivity index (χ1n) is 8.17. The number of nitrogens with one attached hydrogen (secondary N) is 1. The summed E-state index contributed by atoms with van der Waals surface area (Å²) in [6, 6.07) is 0.173. The standard InChI is InChI=1S/C17H25NO3/c1-15(2)16(3)9-10-17(15,13(20)12(16)19)14(21)18-11-7-5-4-6-8-11/h11H,4-10H2,1-3H3,(H,18,21)/t16-,17-/m0/s1. The molecule has 3 aliphatic rings. The van der Waals surface area contributed by atoms with Gasteiger partial charge in [0, 0.05) is 11.5 Å². The summed E-state index contributed by atoms with van der Waals surface area (Å²) in [5.41, 5.74) is -2.39. The monoisotopic (exact) mass is 291 g/mol. The normalized spacial score (nSPS) is 38.8. The Morgan fingerprint density at radius 1 is 1.00 bits per heavy atom. The van der Waals surface area contributed by atoms with Crippen LogP contribution in [-0.2, 0) is 14.4 Å².